The molecule has 0 amide bonds. The van der Waals surface area contributed by atoms with Crippen LogP contribution in [0.25, 0.3) is 0 Å². The van der Waals surface area contributed by atoms with Gasteiger partial charge in [0, 0.05) is 5.31 Å². The average molecular weight is 256 g/mol. The van der Waals surface area contributed by atoms with Crippen molar-refractivity contribution >= 4 is 19.1 Å². The molecule has 0 aliphatic carbocycles. The van der Waals surface area contributed by atoms with E-state index in [-0.39, 0.29) is 6.42 Å². The number of carbonyl (C=O) groups is 2. The molecule has 0 saturated carbocycles. The van der Waals surface area contributed by atoms with Crippen molar-refractivity contribution in [1.29, 1.82) is 0 Å². The molecule has 1 aliphatic heterocycles. The lowest BCUT2D eigenvalue weighted by molar-refractivity contribution is -0.154. The summed E-state index contributed by atoms with van der Waals surface area (Å²) in [5.41, 5.74) is -1.61. The quantitative estimate of drug-likeness (QED) is 0.587. The second kappa shape index (κ2) is 4.64. The molecule has 0 aromatic rings. The number of hydrogen-bond acceptors (Lipinski definition) is 5. The summed E-state index contributed by atoms with van der Waals surface area (Å²) in [6.07, 6.45) is -0.898. The maximum Gasteiger partial charge on any atom is 0.533 e. The van der Waals surface area contributed by atoms with Crippen molar-refractivity contribution in [3.63, 3.8) is 0 Å². The Balaban J connectivity index is 3.07. The molecule has 1 fully saturated rings. The van der Waals surface area contributed by atoms with Crippen LogP contribution in [0.1, 0.15) is 33.6 Å². The molecule has 1 unspecified atom stereocenters. The largest absolute Gasteiger partial charge is 0.533 e. The Morgan fingerprint density at radius 2 is 2.06 bits per heavy atom. The second-order valence-corrected chi connectivity index (χ2v) is 5.49. The third kappa shape index (κ3) is 3.04. The fourth-order valence-corrected chi connectivity index (χ4v) is 1.64. The summed E-state index contributed by atoms with van der Waals surface area (Å²) in [6.45, 7) is 8.65. The fraction of sp³-hybridized carbons (Fsp3) is 0.636. The first kappa shape index (κ1) is 14.6. The van der Waals surface area contributed by atoms with Gasteiger partial charge in [0.15, 0.2) is 0 Å². The van der Waals surface area contributed by atoms with Crippen LogP contribution in [0.3, 0.4) is 0 Å². The smallest absolute Gasteiger partial charge is 0.510 e. The Labute approximate surface area is 106 Å². The predicted octanol–water partition coefficient (Wildman–Crippen LogP) is 1.52. The zero-order valence-corrected chi connectivity index (χ0v) is 10.7. The van der Waals surface area contributed by atoms with E-state index in [1.807, 2.05) is 0 Å². The van der Waals surface area contributed by atoms with Crippen molar-refractivity contribution in [3.8, 4) is 0 Å². The van der Waals surface area contributed by atoms with Crippen LogP contribution in [-0.2, 0) is 18.9 Å². The highest BCUT2D eigenvalue weighted by molar-refractivity contribution is 6.51. The van der Waals surface area contributed by atoms with Gasteiger partial charge in [-0.25, -0.2) is 0 Å². The zero-order chi connectivity index (χ0) is 14.1. The Hall–Kier alpha value is -1.50. The molecule has 0 bridgehead atoms. The minimum absolute atomic E-state index is 0.360. The Kier molecular flexibility index (Phi) is 3.76. The molecule has 100 valence electrons. The topological polar surface area (TPSA) is 93.1 Å². The van der Waals surface area contributed by atoms with E-state index in [9.17, 15) is 14.7 Å². The fourth-order valence-electron chi connectivity index (χ4n) is 1.64. The van der Waals surface area contributed by atoms with Crippen molar-refractivity contribution in [3.05, 3.63) is 12.3 Å². The second-order valence-electron chi connectivity index (χ2n) is 5.49. The van der Waals surface area contributed by atoms with Gasteiger partial charge in [-0.05, 0) is 0 Å². The number of carboxylic acids is 1. The molecule has 18 heavy (non-hydrogen) atoms. The van der Waals surface area contributed by atoms with E-state index in [0.717, 1.165) is 0 Å². The van der Waals surface area contributed by atoms with Gasteiger partial charge >= 0.3 is 13.1 Å². The first-order valence-electron chi connectivity index (χ1n) is 5.54. The van der Waals surface area contributed by atoms with Crippen molar-refractivity contribution in [2.24, 2.45) is 0 Å². The number of carboxylic acid groups (broad SMARTS) is 1. The van der Waals surface area contributed by atoms with Crippen LogP contribution in [0.2, 0.25) is 5.31 Å². The van der Waals surface area contributed by atoms with E-state index in [1.165, 1.54) is 0 Å². The van der Waals surface area contributed by atoms with E-state index >= 15 is 0 Å². The summed E-state index contributed by atoms with van der Waals surface area (Å²) in [7, 11) is -0.929. The summed E-state index contributed by atoms with van der Waals surface area (Å²) in [4.78, 5) is 22.4. The third-order valence-corrected chi connectivity index (χ3v) is 2.67. The Morgan fingerprint density at radius 3 is 2.44 bits per heavy atom. The minimum atomic E-state index is -1.61. The number of aliphatic hydroxyl groups is 1. The van der Waals surface area contributed by atoms with Gasteiger partial charge in [-0.15, -0.1) is 0 Å². The molecule has 0 aromatic carbocycles. The molecular formula is C11H17BO6. The third-order valence-electron chi connectivity index (χ3n) is 2.67. The summed E-state index contributed by atoms with van der Waals surface area (Å²) < 4.78 is 10.5. The Morgan fingerprint density at radius 1 is 1.50 bits per heavy atom. The van der Waals surface area contributed by atoms with Crippen LogP contribution in [-0.4, -0.2) is 34.9 Å². The molecule has 0 aromatic heterocycles. The van der Waals surface area contributed by atoms with Crippen molar-refractivity contribution in [1.82, 2.24) is 0 Å². The summed E-state index contributed by atoms with van der Waals surface area (Å²) in [6, 6.07) is 0. The van der Waals surface area contributed by atoms with Gasteiger partial charge in [0.05, 0.1) is 12.8 Å². The standard InChI is InChI=1S/C11H17BO6/c1-7(13)11(5-8(14)15)6-9(16)17-12(18-11)10(2,3)4/h13H,1,5-6H2,2-4H3,(H,14,15). The number of hydrogen-bond donors (Lipinski definition) is 2. The summed E-state index contributed by atoms with van der Waals surface area (Å²) >= 11 is 0. The number of aliphatic hydroxyl groups excluding tert-OH is 1. The van der Waals surface area contributed by atoms with E-state index < -0.39 is 42.2 Å². The average Bonchev–Trinajstić information content (AvgIpc) is 2.13. The molecule has 1 saturated heterocycles. The molecule has 7 heteroatoms. The van der Waals surface area contributed by atoms with Crippen LogP contribution in [0.15, 0.2) is 12.3 Å². The van der Waals surface area contributed by atoms with Crippen LogP contribution < -0.4 is 0 Å². The molecule has 1 heterocycles. The number of rotatable bonds is 3. The molecule has 1 aliphatic rings. The maximum atomic E-state index is 11.6. The number of carbonyl (C=O) groups excluding carboxylic acids is 1. The van der Waals surface area contributed by atoms with E-state index in [4.69, 9.17) is 14.4 Å². The molecule has 6 nitrogen and oxygen atoms in total. The zero-order valence-electron chi connectivity index (χ0n) is 10.7. The number of aliphatic carboxylic acids is 1. The van der Waals surface area contributed by atoms with Gasteiger partial charge < -0.3 is 19.5 Å². The van der Waals surface area contributed by atoms with Crippen LogP contribution >= 0.6 is 0 Å². The minimum Gasteiger partial charge on any atom is -0.510 e. The monoisotopic (exact) mass is 256 g/mol. The molecule has 2 N–H and O–H groups in total. The molecule has 0 spiro atoms. The maximum absolute atomic E-state index is 11.6. The van der Waals surface area contributed by atoms with Crippen molar-refractivity contribution in [2.75, 3.05) is 0 Å². The summed E-state index contributed by atoms with van der Waals surface area (Å²) in [5, 5.41) is 17.9. The molecule has 1 atom stereocenters. The molecule has 1 rings (SSSR count). The van der Waals surface area contributed by atoms with Gasteiger partial charge in [-0.2, -0.15) is 0 Å². The SMILES string of the molecule is C=C(O)C1(CC(=O)O)CC(=O)OB(C(C)(C)C)O1. The van der Waals surface area contributed by atoms with Gasteiger partial charge in [-0.3, -0.25) is 9.59 Å². The van der Waals surface area contributed by atoms with Gasteiger partial charge in [0.25, 0.3) is 5.97 Å². The lowest BCUT2D eigenvalue weighted by Crippen LogP contribution is -2.53. The van der Waals surface area contributed by atoms with Crippen molar-refractivity contribution in [2.45, 2.75) is 44.5 Å². The van der Waals surface area contributed by atoms with Gasteiger partial charge in [-0.1, -0.05) is 27.4 Å². The molecular weight excluding hydrogens is 239 g/mol. The van der Waals surface area contributed by atoms with Gasteiger partial charge in [0.1, 0.15) is 11.4 Å². The normalized spacial score (nSPS) is 24.6. The van der Waals surface area contributed by atoms with E-state index in [2.05, 4.69) is 6.58 Å². The highest BCUT2D eigenvalue weighted by atomic mass is 16.6. The van der Waals surface area contributed by atoms with Gasteiger partial charge in [0.2, 0.25) is 0 Å². The van der Waals surface area contributed by atoms with Crippen LogP contribution in [0.5, 0.6) is 0 Å². The Bertz CT molecular complexity index is 381. The first-order valence-corrected chi connectivity index (χ1v) is 5.54. The highest BCUT2D eigenvalue weighted by Crippen LogP contribution is 2.39. The predicted molar refractivity (Wildman–Crippen MR) is 64.0 cm³/mol. The lowest BCUT2D eigenvalue weighted by Gasteiger charge is -2.40. The lowest BCUT2D eigenvalue weighted by atomic mass is 9.59. The highest BCUT2D eigenvalue weighted by Gasteiger charge is 2.53. The summed E-state index contributed by atoms with van der Waals surface area (Å²) in [5.74, 6) is -2.28. The van der Waals surface area contributed by atoms with Crippen LogP contribution in [0.4, 0.5) is 0 Å². The van der Waals surface area contributed by atoms with E-state index in [0.29, 0.717) is 0 Å². The van der Waals surface area contributed by atoms with Crippen molar-refractivity contribution < 1.29 is 29.1 Å². The van der Waals surface area contributed by atoms with Crippen LogP contribution in [0, 0.1) is 0 Å². The first-order chi connectivity index (χ1) is 8.07. The van der Waals surface area contributed by atoms with E-state index in [1.54, 1.807) is 20.8 Å². The molecule has 0 radical (unpaired) electrons.